The Morgan fingerprint density at radius 1 is 1.22 bits per heavy atom. The lowest BCUT2D eigenvalue weighted by molar-refractivity contribution is -0.588. The summed E-state index contributed by atoms with van der Waals surface area (Å²) in [4.78, 5) is 4.55. The molecule has 0 radical (unpaired) electrons. The molecule has 1 fully saturated rings. The highest BCUT2D eigenvalue weighted by Crippen LogP contribution is 2.27. The van der Waals surface area contributed by atoms with Crippen molar-refractivity contribution in [3.8, 4) is 0 Å². The van der Waals surface area contributed by atoms with E-state index in [2.05, 4.69) is 16.8 Å². The molecule has 0 bridgehead atoms. The number of pyridine rings is 1. The number of rotatable bonds is 1. The summed E-state index contributed by atoms with van der Waals surface area (Å²) in [5.41, 5.74) is 7.92. The van der Waals surface area contributed by atoms with Gasteiger partial charge in [0.05, 0.1) is 11.8 Å². The number of piperazine rings is 1. The molecular weight excluding hydrogens is 250 g/mol. The number of nitrogens with zero attached hydrogens (tertiary/aromatic N) is 4. The van der Waals surface area contributed by atoms with Crippen LogP contribution in [0.15, 0.2) is 24.4 Å². The van der Waals surface area contributed by atoms with Gasteiger partial charge in [0.15, 0.2) is 5.69 Å². The van der Waals surface area contributed by atoms with E-state index in [-0.39, 0.29) is 0 Å². The average Bonchev–Trinajstić information content (AvgIpc) is 2.64. The van der Waals surface area contributed by atoms with Gasteiger partial charge in [0.25, 0.3) is 5.52 Å². The van der Waals surface area contributed by atoms with Crippen molar-refractivity contribution in [1.82, 2.24) is 9.10 Å². The number of anilines is 2. The predicted molar refractivity (Wildman–Crippen MR) is 73.0 cm³/mol. The van der Waals surface area contributed by atoms with Crippen molar-refractivity contribution in [1.29, 1.82) is 0 Å². The summed E-state index contributed by atoms with van der Waals surface area (Å²) in [5, 5.41) is 0. The lowest BCUT2D eigenvalue weighted by atomic mass is 10.3. The van der Waals surface area contributed by atoms with Crippen molar-refractivity contribution in [3.05, 3.63) is 24.4 Å². The molecule has 1 aliphatic heterocycles. The Labute approximate surface area is 111 Å². The normalized spacial score (nSPS) is 17.6. The fraction of sp³-hybridized carbons (Fsp3) is 0.417. The Kier molecular flexibility index (Phi) is 2.80. The van der Waals surface area contributed by atoms with Gasteiger partial charge in [0, 0.05) is 38.3 Å². The molecule has 0 unspecified atom stereocenters. The number of hydrogen-bond donors (Lipinski definition) is 1. The molecule has 2 aromatic heterocycles. The molecule has 18 heavy (non-hydrogen) atoms. The molecule has 0 spiro atoms. The first-order valence-electron chi connectivity index (χ1n) is 6.09. The van der Waals surface area contributed by atoms with E-state index in [1.807, 2.05) is 28.9 Å². The molecule has 3 rings (SSSR count). The molecule has 0 aliphatic carbocycles. The minimum atomic E-state index is 0.746. The second kappa shape index (κ2) is 4.33. The van der Waals surface area contributed by atoms with E-state index in [0.29, 0.717) is 0 Å². The van der Waals surface area contributed by atoms with Crippen molar-refractivity contribution in [2.24, 2.45) is 0 Å². The van der Waals surface area contributed by atoms with Gasteiger partial charge in [-0.05, 0) is 17.3 Å². The molecule has 0 atom stereocenters. The van der Waals surface area contributed by atoms with Crippen LogP contribution in [0, 0.1) is 0 Å². The van der Waals surface area contributed by atoms with E-state index in [0.717, 1.165) is 43.2 Å². The number of halogens is 1. The number of fused-ring (bicyclic) bond motifs is 1. The molecule has 5 nitrogen and oxygen atoms in total. The highest BCUT2D eigenvalue weighted by Gasteiger charge is 2.27. The first kappa shape index (κ1) is 11.6. The van der Waals surface area contributed by atoms with E-state index in [4.69, 9.17) is 17.5 Å². The van der Waals surface area contributed by atoms with Gasteiger partial charge in [0.1, 0.15) is 0 Å². The quantitative estimate of drug-likeness (QED) is 0.767. The van der Waals surface area contributed by atoms with Crippen LogP contribution in [-0.2, 0) is 0 Å². The molecule has 6 heteroatoms. The Balaban J connectivity index is 2.06. The van der Waals surface area contributed by atoms with Crippen LogP contribution in [0.5, 0.6) is 0 Å². The fourth-order valence-electron chi connectivity index (χ4n) is 2.42. The van der Waals surface area contributed by atoms with Crippen molar-refractivity contribution >= 4 is 28.8 Å². The Morgan fingerprint density at radius 3 is 2.61 bits per heavy atom. The molecular formula is C12H17ClN5+. The number of nitrogen functional groups attached to an aromatic ring is 1. The summed E-state index contributed by atoms with van der Waals surface area (Å²) in [6.07, 6.45) is 1.91. The standard InChI is InChI=1S/C12H17ClN5/c1-15-6-8-16(9-7-15)12-11(14)10-4-2-3-5-17(10)18(12)13/h2-5H,6-9,14H2,1H3/q+1. The second-order valence-electron chi connectivity index (χ2n) is 4.72. The first-order chi connectivity index (χ1) is 8.68. The van der Waals surface area contributed by atoms with Gasteiger partial charge >= 0.3 is 0 Å². The van der Waals surface area contributed by atoms with E-state index in [9.17, 15) is 0 Å². The predicted octanol–water partition coefficient (Wildman–Crippen LogP) is 0.563. The van der Waals surface area contributed by atoms with Crippen LogP contribution in [0.1, 0.15) is 0 Å². The average molecular weight is 267 g/mol. The zero-order chi connectivity index (χ0) is 12.7. The summed E-state index contributed by atoms with van der Waals surface area (Å²) in [6, 6.07) is 5.89. The van der Waals surface area contributed by atoms with Gasteiger partial charge in [-0.3, -0.25) is 0 Å². The lowest BCUT2D eigenvalue weighted by Crippen LogP contribution is -2.45. The van der Waals surface area contributed by atoms with E-state index in [1.165, 1.54) is 0 Å². The van der Waals surface area contributed by atoms with Crippen LogP contribution in [0.2, 0.25) is 0 Å². The van der Waals surface area contributed by atoms with Gasteiger partial charge in [-0.15, -0.1) is 0 Å². The van der Waals surface area contributed by atoms with Crippen LogP contribution < -0.4 is 15.1 Å². The maximum absolute atomic E-state index is 6.38. The van der Waals surface area contributed by atoms with Gasteiger partial charge < -0.3 is 15.5 Å². The second-order valence-corrected chi connectivity index (χ2v) is 5.04. The van der Waals surface area contributed by atoms with Crippen molar-refractivity contribution in [2.45, 2.75) is 0 Å². The SMILES string of the molecule is CN1CCN(c2c(N)c3cccc[n+]3n2Cl)CC1. The smallest absolute Gasteiger partial charge is 0.264 e. The summed E-state index contributed by atoms with van der Waals surface area (Å²) in [5.74, 6) is 0.899. The Bertz CT molecular complexity index is 532. The molecule has 96 valence electrons. The zero-order valence-electron chi connectivity index (χ0n) is 10.4. The highest BCUT2D eigenvalue weighted by atomic mass is 35.5. The van der Waals surface area contributed by atoms with E-state index in [1.54, 1.807) is 4.20 Å². The number of aromatic nitrogens is 2. The van der Waals surface area contributed by atoms with E-state index >= 15 is 0 Å². The van der Waals surface area contributed by atoms with Crippen molar-refractivity contribution in [2.75, 3.05) is 43.9 Å². The maximum Gasteiger partial charge on any atom is 0.264 e. The third-order valence-electron chi connectivity index (χ3n) is 3.52. The monoisotopic (exact) mass is 266 g/mol. The lowest BCUT2D eigenvalue weighted by Gasteiger charge is -2.32. The molecule has 0 aromatic carbocycles. The third-order valence-corrected chi connectivity index (χ3v) is 3.85. The molecule has 0 amide bonds. The largest absolute Gasteiger partial charge is 0.390 e. The summed E-state index contributed by atoms with van der Waals surface area (Å²) in [7, 11) is 2.13. The maximum atomic E-state index is 6.38. The van der Waals surface area contributed by atoms with Crippen LogP contribution in [-0.4, -0.2) is 42.3 Å². The molecule has 3 heterocycles. The summed E-state index contributed by atoms with van der Waals surface area (Å²) < 4.78 is 3.47. The van der Waals surface area contributed by atoms with Crippen LogP contribution in [0.3, 0.4) is 0 Å². The molecule has 2 aromatic rings. The molecule has 0 saturated carbocycles. The molecule has 1 saturated heterocycles. The fourth-order valence-corrected chi connectivity index (χ4v) is 2.75. The third kappa shape index (κ3) is 1.71. The Hall–Kier alpha value is -1.46. The zero-order valence-corrected chi connectivity index (χ0v) is 11.1. The first-order valence-corrected chi connectivity index (χ1v) is 6.43. The number of hydrogen-bond acceptors (Lipinski definition) is 3. The van der Waals surface area contributed by atoms with Crippen molar-refractivity contribution < 1.29 is 4.52 Å². The van der Waals surface area contributed by atoms with Crippen molar-refractivity contribution in [3.63, 3.8) is 0 Å². The van der Waals surface area contributed by atoms with Gasteiger partial charge in [-0.25, -0.2) is 0 Å². The summed E-state index contributed by atoms with van der Waals surface area (Å²) >= 11 is 6.38. The summed E-state index contributed by atoms with van der Waals surface area (Å²) in [6.45, 7) is 3.96. The number of likely N-dealkylation sites (N-methyl/N-ethyl adjacent to an activating group) is 1. The van der Waals surface area contributed by atoms with Gasteiger partial charge in [-0.2, -0.15) is 0 Å². The minimum absolute atomic E-state index is 0.746. The molecule has 2 N–H and O–H groups in total. The number of nitrogens with two attached hydrogens (primary N) is 1. The topological polar surface area (TPSA) is 41.5 Å². The van der Waals surface area contributed by atoms with Crippen LogP contribution >= 0.6 is 11.8 Å². The molecule has 1 aliphatic rings. The van der Waals surface area contributed by atoms with Crippen LogP contribution in [0.4, 0.5) is 11.5 Å². The minimum Gasteiger partial charge on any atom is -0.390 e. The van der Waals surface area contributed by atoms with E-state index < -0.39 is 0 Å². The Morgan fingerprint density at radius 2 is 1.94 bits per heavy atom. The van der Waals surface area contributed by atoms with Crippen LogP contribution in [0.25, 0.3) is 5.52 Å². The highest BCUT2D eigenvalue weighted by molar-refractivity contribution is 6.16. The van der Waals surface area contributed by atoms with Gasteiger partial charge in [-0.1, -0.05) is 4.52 Å². The van der Waals surface area contributed by atoms with Gasteiger partial charge in [0.2, 0.25) is 12.0 Å².